The second kappa shape index (κ2) is 8.24. The van der Waals surface area contributed by atoms with Crippen LogP contribution in [0.4, 0.5) is 0 Å². The number of nitrogens with one attached hydrogen (secondary N) is 1. The molecule has 1 amide bonds. The smallest absolute Gasteiger partial charge is 0.268 e. The van der Waals surface area contributed by atoms with Gasteiger partial charge in [0, 0.05) is 20.1 Å². The van der Waals surface area contributed by atoms with E-state index in [0.29, 0.717) is 22.6 Å². The zero-order valence-electron chi connectivity index (χ0n) is 15.9. The number of carbonyl (C=O) groups is 1. The van der Waals surface area contributed by atoms with E-state index in [1.807, 2.05) is 29.6 Å². The quantitative estimate of drug-likeness (QED) is 0.720. The number of hydrogen-bond acceptors (Lipinski definition) is 5. The normalized spacial score (nSPS) is 17.7. The largest absolute Gasteiger partial charge is 0.338 e. The maximum atomic E-state index is 13.0. The van der Waals surface area contributed by atoms with Gasteiger partial charge < -0.3 is 9.88 Å². The summed E-state index contributed by atoms with van der Waals surface area (Å²) in [5.41, 5.74) is 1.83. The van der Waals surface area contributed by atoms with Gasteiger partial charge in [-0.25, -0.2) is 4.98 Å². The Labute approximate surface area is 167 Å². The summed E-state index contributed by atoms with van der Waals surface area (Å²) in [7, 11) is 1.79. The lowest BCUT2D eigenvalue weighted by Gasteiger charge is -2.33. The summed E-state index contributed by atoms with van der Waals surface area (Å²) < 4.78 is 0.626. The van der Waals surface area contributed by atoms with Gasteiger partial charge in [0.05, 0.1) is 18.0 Å². The first-order valence-electron chi connectivity index (χ1n) is 9.58. The number of carbonyl (C=O) groups excluding carboxylic acids is 1. The van der Waals surface area contributed by atoms with E-state index < -0.39 is 0 Å². The second-order valence-corrected chi connectivity index (χ2v) is 8.32. The first-order chi connectivity index (χ1) is 13.6. The molecule has 6 nitrogen and oxygen atoms in total. The van der Waals surface area contributed by atoms with E-state index in [2.05, 4.69) is 27.0 Å². The number of fused-ring (bicyclic) bond motifs is 1. The number of benzene rings is 1. The van der Waals surface area contributed by atoms with Crippen LogP contribution in [-0.4, -0.2) is 45.8 Å². The fraction of sp³-hybridized carbons (Fsp3) is 0.381. The van der Waals surface area contributed by atoms with Crippen LogP contribution in [0.3, 0.4) is 0 Å². The summed E-state index contributed by atoms with van der Waals surface area (Å²) >= 11 is 1.38. The van der Waals surface area contributed by atoms with Crippen LogP contribution in [0.25, 0.3) is 10.2 Å². The van der Waals surface area contributed by atoms with Crippen molar-refractivity contribution in [3.63, 3.8) is 0 Å². The molecule has 1 unspecified atom stereocenters. The number of likely N-dealkylation sites (tertiary alicyclic amines) is 1. The highest BCUT2D eigenvalue weighted by Gasteiger charge is 2.28. The summed E-state index contributed by atoms with van der Waals surface area (Å²) in [5, 5.41) is 1.86. The number of piperidine rings is 1. The average molecular weight is 397 g/mol. The second-order valence-electron chi connectivity index (χ2n) is 7.40. The number of rotatable bonds is 5. The average Bonchev–Trinajstić information content (AvgIpc) is 3.17. The molecule has 1 N–H and O–H groups in total. The van der Waals surface area contributed by atoms with Crippen molar-refractivity contribution in [1.29, 1.82) is 0 Å². The lowest BCUT2D eigenvalue weighted by Crippen LogP contribution is -2.43. The predicted molar refractivity (Wildman–Crippen MR) is 111 cm³/mol. The first kappa shape index (κ1) is 18.8. The van der Waals surface area contributed by atoms with Crippen molar-refractivity contribution >= 4 is 27.5 Å². The number of amides is 1. The van der Waals surface area contributed by atoms with E-state index in [-0.39, 0.29) is 17.4 Å². The van der Waals surface area contributed by atoms with E-state index in [0.717, 1.165) is 32.5 Å². The Bertz CT molecular complexity index is 1010. The zero-order chi connectivity index (χ0) is 19.5. The molecule has 7 heteroatoms. The molecule has 0 radical (unpaired) electrons. The summed E-state index contributed by atoms with van der Waals surface area (Å²) in [6, 6.07) is 12.2. The van der Waals surface area contributed by atoms with Crippen molar-refractivity contribution in [2.24, 2.45) is 5.92 Å². The SMILES string of the molecule is CN(Cc1nc2ccsc2c(=O)[nH]1)C(=O)C1CCCN(Cc2ccccc2)C1. The van der Waals surface area contributed by atoms with Crippen LogP contribution in [0.2, 0.25) is 0 Å². The Morgan fingerprint density at radius 1 is 1.32 bits per heavy atom. The van der Waals surface area contributed by atoms with Gasteiger partial charge in [-0.1, -0.05) is 30.3 Å². The maximum absolute atomic E-state index is 13.0. The third-order valence-corrected chi connectivity index (χ3v) is 6.13. The van der Waals surface area contributed by atoms with Crippen LogP contribution < -0.4 is 5.56 Å². The Hall–Kier alpha value is -2.51. The third-order valence-electron chi connectivity index (χ3n) is 5.23. The molecule has 3 heterocycles. The topological polar surface area (TPSA) is 69.3 Å². The molecule has 1 fully saturated rings. The van der Waals surface area contributed by atoms with E-state index in [1.165, 1.54) is 16.9 Å². The molecule has 0 spiro atoms. The minimum Gasteiger partial charge on any atom is -0.338 e. The molecule has 3 aromatic rings. The van der Waals surface area contributed by atoms with Crippen LogP contribution in [0.1, 0.15) is 24.2 Å². The van der Waals surface area contributed by atoms with Gasteiger partial charge in [-0.2, -0.15) is 0 Å². The lowest BCUT2D eigenvalue weighted by atomic mass is 9.96. The highest BCUT2D eigenvalue weighted by molar-refractivity contribution is 7.17. The van der Waals surface area contributed by atoms with Gasteiger partial charge in [0.15, 0.2) is 0 Å². The van der Waals surface area contributed by atoms with E-state index in [4.69, 9.17) is 0 Å². The molecular formula is C21H24N4O2S. The van der Waals surface area contributed by atoms with E-state index in [9.17, 15) is 9.59 Å². The Morgan fingerprint density at radius 3 is 2.96 bits per heavy atom. The zero-order valence-corrected chi connectivity index (χ0v) is 16.7. The molecule has 146 valence electrons. The molecule has 1 atom stereocenters. The molecule has 1 aliphatic heterocycles. The minimum absolute atomic E-state index is 0.0148. The third kappa shape index (κ3) is 4.15. The van der Waals surface area contributed by atoms with Gasteiger partial charge in [-0.3, -0.25) is 14.5 Å². The molecule has 1 aliphatic rings. The fourth-order valence-corrected chi connectivity index (χ4v) is 4.58. The van der Waals surface area contributed by atoms with E-state index >= 15 is 0 Å². The Morgan fingerprint density at radius 2 is 2.14 bits per heavy atom. The summed E-state index contributed by atoms with van der Waals surface area (Å²) in [6.45, 7) is 2.98. The van der Waals surface area contributed by atoms with Crippen LogP contribution in [0, 0.1) is 5.92 Å². The molecule has 0 bridgehead atoms. The van der Waals surface area contributed by atoms with Gasteiger partial charge in [0.2, 0.25) is 5.91 Å². The van der Waals surface area contributed by atoms with Crippen molar-refractivity contribution in [3.8, 4) is 0 Å². The number of nitrogens with zero attached hydrogens (tertiary/aromatic N) is 3. The molecule has 4 rings (SSSR count). The molecule has 1 saturated heterocycles. The fourth-order valence-electron chi connectivity index (χ4n) is 3.85. The van der Waals surface area contributed by atoms with Crippen molar-refractivity contribution in [1.82, 2.24) is 19.8 Å². The lowest BCUT2D eigenvalue weighted by molar-refractivity contribution is -0.136. The van der Waals surface area contributed by atoms with E-state index in [1.54, 1.807) is 11.9 Å². The van der Waals surface area contributed by atoms with Crippen molar-refractivity contribution in [3.05, 3.63) is 63.5 Å². The molecule has 0 saturated carbocycles. The van der Waals surface area contributed by atoms with Crippen LogP contribution in [-0.2, 0) is 17.9 Å². The monoisotopic (exact) mass is 396 g/mol. The number of H-pyrrole nitrogens is 1. The molecular weight excluding hydrogens is 372 g/mol. The first-order valence-corrected chi connectivity index (χ1v) is 10.5. The highest BCUT2D eigenvalue weighted by Crippen LogP contribution is 2.21. The number of thiophene rings is 1. The summed E-state index contributed by atoms with van der Waals surface area (Å²) in [6.07, 6.45) is 1.93. The van der Waals surface area contributed by atoms with Gasteiger partial charge >= 0.3 is 0 Å². The molecule has 28 heavy (non-hydrogen) atoms. The van der Waals surface area contributed by atoms with Crippen LogP contribution in [0.15, 0.2) is 46.6 Å². The number of hydrogen-bond donors (Lipinski definition) is 1. The molecule has 1 aromatic carbocycles. The van der Waals surface area contributed by atoms with Crippen molar-refractivity contribution in [2.75, 3.05) is 20.1 Å². The van der Waals surface area contributed by atoms with Gasteiger partial charge in [-0.15, -0.1) is 11.3 Å². The summed E-state index contributed by atoms with van der Waals surface area (Å²) in [5.74, 6) is 0.633. The standard InChI is InChI=1S/C21H24N4O2S/c1-24(14-18-22-17-9-11-28-19(17)20(26)23-18)21(27)16-8-5-10-25(13-16)12-15-6-3-2-4-7-15/h2-4,6-7,9,11,16H,5,8,10,12-14H2,1H3,(H,22,23,26). The van der Waals surface area contributed by atoms with Crippen molar-refractivity contribution in [2.45, 2.75) is 25.9 Å². The van der Waals surface area contributed by atoms with Crippen LogP contribution in [0.5, 0.6) is 0 Å². The molecule has 0 aliphatic carbocycles. The number of aromatic amines is 1. The highest BCUT2D eigenvalue weighted by atomic mass is 32.1. The van der Waals surface area contributed by atoms with Crippen LogP contribution >= 0.6 is 11.3 Å². The van der Waals surface area contributed by atoms with Gasteiger partial charge in [0.1, 0.15) is 10.5 Å². The maximum Gasteiger partial charge on any atom is 0.268 e. The van der Waals surface area contributed by atoms with Gasteiger partial charge in [0.25, 0.3) is 5.56 Å². The summed E-state index contributed by atoms with van der Waals surface area (Å²) in [4.78, 5) is 36.4. The Kier molecular flexibility index (Phi) is 5.54. The predicted octanol–water partition coefficient (Wildman–Crippen LogP) is 2.86. The minimum atomic E-state index is -0.137. The molecule has 2 aromatic heterocycles. The van der Waals surface area contributed by atoms with Gasteiger partial charge in [-0.05, 0) is 36.4 Å². The Balaban J connectivity index is 1.40. The van der Waals surface area contributed by atoms with Crippen molar-refractivity contribution < 1.29 is 4.79 Å². The number of aromatic nitrogens is 2.